The second-order valence-corrected chi connectivity index (χ2v) is 9.58. The van der Waals surface area contributed by atoms with E-state index in [0.717, 1.165) is 0 Å². The molecule has 0 radical (unpaired) electrons. The summed E-state index contributed by atoms with van der Waals surface area (Å²) < 4.78 is 30.0. The van der Waals surface area contributed by atoms with E-state index in [0.29, 0.717) is 22.0 Å². The number of ketones is 1. The van der Waals surface area contributed by atoms with Crippen molar-refractivity contribution in [2.75, 3.05) is 18.2 Å². The topological polar surface area (TPSA) is 89.5 Å². The molecule has 0 atom stereocenters. The van der Waals surface area contributed by atoms with Crippen LogP contribution in [0.1, 0.15) is 28.8 Å². The van der Waals surface area contributed by atoms with Crippen molar-refractivity contribution < 1.29 is 22.7 Å². The van der Waals surface area contributed by atoms with Gasteiger partial charge in [-0.3, -0.25) is 9.59 Å². The number of amides is 1. The molecule has 0 aliphatic rings. The minimum Gasteiger partial charge on any atom is -0.497 e. The van der Waals surface area contributed by atoms with Crippen molar-refractivity contribution in [3.8, 4) is 5.75 Å². The van der Waals surface area contributed by atoms with Crippen molar-refractivity contribution in [1.29, 1.82) is 0 Å². The highest BCUT2D eigenvalue weighted by Crippen LogP contribution is 2.24. The van der Waals surface area contributed by atoms with Gasteiger partial charge in [0, 0.05) is 22.6 Å². The fourth-order valence-electron chi connectivity index (χ4n) is 3.09. The Bertz CT molecular complexity index is 1210. The number of halogens is 1. The van der Waals surface area contributed by atoms with Gasteiger partial charge in [0.2, 0.25) is 5.91 Å². The number of benzene rings is 3. The van der Waals surface area contributed by atoms with Crippen LogP contribution in [0.15, 0.2) is 77.7 Å². The molecule has 1 amide bonds. The first-order valence-electron chi connectivity index (χ1n) is 9.86. The Hall–Kier alpha value is -3.16. The van der Waals surface area contributed by atoms with Gasteiger partial charge in [0.05, 0.1) is 23.4 Å². The van der Waals surface area contributed by atoms with Crippen LogP contribution in [0.3, 0.4) is 0 Å². The van der Waals surface area contributed by atoms with Gasteiger partial charge >= 0.3 is 0 Å². The maximum atomic E-state index is 12.9. The van der Waals surface area contributed by atoms with Crippen LogP contribution < -0.4 is 10.1 Å². The fraction of sp³-hybridized carbons (Fsp3) is 0.167. The number of hydrogen-bond donors (Lipinski definition) is 1. The van der Waals surface area contributed by atoms with Gasteiger partial charge < -0.3 is 10.1 Å². The van der Waals surface area contributed by atoms with Crippen LogP contribution in [-0.4, -0.2) is 33.0 Å². The summed E-state index contributed by atoms with van der Waals surface area (Å²) in [4.78, 5) is 25.5. The molecule has 0 aliphatic carbocycles. The molecule has 3 aromatic rings. The molecular weight excluding hydrogens is 450 g/mol. The van der Waals surface area contributed by atoms with Crippen LogP contribution in [0.25, 0.3) is 0 Å². The molecule has 0 saturated heterocycles. The van der Waals surface area contributed by atoms with Crippen LogP contribution in [0.2, 0.25) is 5.02 Å². The predicted octanol–water partition coefficient (Wildman–Crippen LogP) is 4.77. The minimum atomic E-state index is -3.52. The monoisotopic (exact) mass is 471 g/mol. The molecule has 0 aliphatic heterocycles. The van der Waals surface area contributed by atoms with E-state index in [2.05, 4.69) is 5.32 Å². The van der Waals surface area contributed by atoms with Crippen molar-refractivity contribution in [3.63, 3.8) is 0 Å². The number of sulfone groups is 1. The molecule has 0 unspecified atom stereocenters. The van der Waals surface area contributed by atoms with E-state index in [-0.39, 0.29) is 40.7 Å². The molecule has 3 aromatic carbocycles. The summed E-state index contributed by atoms with van der Waals surface area (Å²) in [6, 6.07) is 19.4. The number of carbonyl (C=O) groups is 2. The van der Waals surface area contributed by atoms with Crippen LogP contribution in [0, 0.1) is 0 Å². The average Bonchev–Trinajstić information content (AvgIpc) is 2.80. The van der Waals surface area contributed by atoms with Gasteiger partial charge in [-0.1, -0.05) is 41.9 Å². The summed E-state index contributed by atoms with van der Waals surface area (Å²) in [5.41, 5.74) is 1.06. The van der Waals surface area contributed by atoms with Crippen molar-refractivity contribution in [3.05, 3.63) is 88.9 Å². The quantitative estimate of drug-likeness (QED) is 0.454. The average molecular weight is 472 g/mol. The molecule has 0 saturated carbocycles. The second-order valence-electron chi connectivity index (χ2n) is 7.03. The molecule has 166 valence electrons. The van der Waals surface area contributed by atoms with Crippen molar-refractivity contribution in [2.24, 2.45) is 0 Å². The van der Waals surface area contributed by atoms with Crippen molar-refractivity contribution in [2.45, 2.75) is 17.7 Å². The standard InChI is InChI=1S/C24H22ClNO5S/c1-31-19-10-12-20(13-11-19)32(29,30)15-5-8-23(27)26-22-14-9-18(25)16-21(22)24(28)17-6-3-2-4-7-17/h2-4,6-7,9-14,16H,5,8,15H2,1H3,(H,26,27). The van der Waals surface area contributed by atoms with E-state index in [1.807, 2.05) is 0 Å². The Morgan fingerprint density at radius 1 is 0.969 bits per heavy atom. The summed E-state index contributed by atoms with van der Waals surface area (Å²) in [6.07, 6.45) is 0.118. The number of ether oxygens (including phenoxy) is 1. The molecule has 0 bridgehead atoms. The molecular formula is C24H22ClNO5S. The van der Waals surface area contributed by atoms with E-state index in [4.69, 9.17) is 16.3 Å². The maximum Gasteiger partial charge on any atom is 0.224 e. The third kappa shape index (κ3) is 5.96. The Morgan fingerprint density at radius 2 is 1.66 bits per heavy atom. The summed E-state index contributed by atoms with van der Waals surface area (Å²) in [7, 11) is -2.02. The minimum absolute atomic E-state index is 0.0169. The Labute approximate surface area is 192 Å². The normalized spacial score (nSPS) is 11.1. The van der Waals surface area contributed by atoms with E-state index in [1.54, 1.807) is 54.6 Å². The first kappa shape index (κ1) is 23.5. The van der Waals surface area contributed by atoms with E-state index in [9.17, 15) is 18.0 Å². The summed E-state index contributed by atoms with van der Waals surface area (Å²) in [5.74, 6) is -0.277. The maximum absolute atomic E-state index is 12.9. The number of carbonyl (C=O) groups excluding carboxylic acids is 2. The third-order valence-corrected chi connectivity index (χ3v) is 6.82. The smallest absolute Gasteiger partial charge is 0.224 e. The van der Waals surface area contributed by atoms with Crippen LogP contribution in [-0.2, 0) is 14.6 Å². The first-order chi connectivity index (χ1) is 15.3. The Balaban J connectivity index is 1.64. The first-order valence-corrected chi connectivity index (χ1v) is 11.9. The van der Waals surface area contributed by atoms with Gasteiger partial charge in [-0.05, 0) is 48.9 Å². The van der Waals surface area contributed by atoms with Crippen molar-refractivity contribution >= 4 is 38.8 Å². The molecule has 1 N–H and O–H groups in total. The van der Waals surface area contributed by atoms with E-state index >= 15 is 0 Å². The van der Waals surface area contributed by atoms with Gasteiger partial charge in [0.1, 0.15) is 5.75 Å². The summed E-state index contributed by atoms with van der Waals surface area (Å²) in [5, 5.41) is 3.07. The largest absolute Gasteiger partial charge is 0.497 e. The lowest BCUT2D eigenvalue weighted by Gasteiger charge is -2.11. The Morgan fingerprint density at radius 3 is 2.31 bits per heavy atom. The van der Waals surface area contributed by atoms with Crippen LogP contribution in [0.5, 0.6) is 5.75 Å². The predicted molar refractivity (Wildman–Crippen MR) is 124 cm³/mol. The second kappa shape index (κ2) is 10.4. The number of nitrogens with one attached hydrogen (secondary N) is 1. The van der Waals surface area contributed by atoms with Crippen LogP contribution >= 0.6 is 11.6 Å². The van der Waals surface area contributed by atoms with Gasteiger partial charge in [0.15, 0.2) is 15.6 Å². The SMILES string of the molecule is COc1ccc(S(=O)(=O)CCCC(=O)Nc2ccc(Cl)cc2C(=O)c2ccccc2)cc1. The fourth-order valence-corrected chi connectivity index (χ4v) is 4.58. The lowest BCUT2D eigenvalue weighted by Crippen LogP contribution is -2.16. The molecule has 6 nitrogen and oxygen atoms in total. The highest BCUT2D eigenvalue weighted by atomic mass is 35.5. The Kier molecular flexibility index (Phi) is 7.66. The number of anilines is 1. The molecule has 0 spiro atoms. The molecule has 3 rings (SSSR count). The van der Waals surface area contributed by atoms with Gasteiger partial charge in [-0.15, -0.1) is 0 Å². The van der Waals surface area contributed by atoms with E-state index in [1.165, 1.54) is 25.3 Å². The molecule has 32 heavy (non-hydrogen) atoms. The summed E-state index contributed by atoms with van der Waals surface area (Å²) >= 11 is 6.06. The van der Waals surface area contributed by atoms with Crippen LogP contribution in [0.4, 0.5) is 5.69 Å². The zero-order valence-corrected chi connectivity index (χ0v) is 18.9. The van der Waals surface area contributed by atoms with Gasteiger partial charge in [0.25, 0.3) is 0 Å². The van der Waals surface area contributed by atoms with Crippen molar-refractivity contribution in [1.82, 2.24) is 0 Å². The van der Waals surface area contributed by atoms with Gasteiger partial charge in [-0.2, -0.15) is 0 Å². The summed E-state index contributed by atoms with van der Waals surface area (Å²) in [6.45, 7) is 0. The molecule has 0 fully saturated rings. The lowest BCUT2D eigenvalue weighted by atomic mass is 10.0. The molecule has 8 heteroatoms. The highest BCUT2D eigenvalue weighted by Gasteiger charge is 2.18. The molecule has 0 aromatic heterocycles. The number of rotatable bonds is 9. The molecule has 0 heterocycles. The highest BCUT2D eigenvalue weighted by molar-refractivity contribution is 7.91. The third-order valence-electron chi connectivity index (χ3n) is 4.77. The number of methoxy groups -OCH3 is 1. The number of hydrogen-bond acceptors (Lipinski definition) is 5. The zero-order chi connectivity index (χ0) is 23.1. The van der Waals surface area contributed by atoms with E-state index < -0.39 is 9.84 Å². The zero-order valence-electron chi connectivity index (χ0n) is 17.4. The van der Waals surface area contributed by atoms with Gasteiger partial charge in [-0.25, -0.2) is 8.42 Å². The lowest BCUT2D eigenvalue weighted by molar-refractivity contribution is -0.116.